The van der Waals surface area contributed by atoms with Crippen molar-refractivity contribution in [3.8, 4) is 17.1 Å². The number of benzene rings is 3. The molecule has 0 amide bonds. The molecule has 2 aromatic heterocycles. The standard InChI is InChI=1S/C33H24N2O5S/c1-39-21-9-6-8-20(17-21)30-26-15-13-19-7-2-3-10-23(19)29(26)34-33-35(30)31(36)28(41-33)18-22-14-16-27(40-22)24-11-4-5-12-25(24)32(37)38/h2-12,14,16-18,30H,13,15H2,1H3,(H,37,38)/b28-18+. The average Bonchev–Trinajstić information content (AvgIpc) is 3.60. The van der Waals surface area contributed by atoms with E-state index in [1.54, 1.807) is 48.1 Å². The van der Waals surface area contributed by atoms with Crippen LogP contribution in [0.25, 0.3) is 23.1 Å². The molecule has 1 unspecified atom stereocenters. The maximum absolute atomic E-state index is 14.0. The van der Waals surface area contributed by atoms with E-state index in [1.807, 2.05) is 36.4 Å². The molecule has 0 radical (unpaired) electrons. The van der Waals surface area contributed by atoms with Gasteiger partial charge in [0.05, 0.1) is 28.9 Å². The zero-order valence-electron chi connectivity index (χ0n) is 22.0. The highest BCUT2D eigenvalue weighted by Gasteiger charge is 2.32. The summed E-state index contributed by atoms with van der Waals surface area (Å²) in [5.41, 5.74) is 5.83. The molecule has 0 fully saturated rings. The normalized spacial score (nSPS) is 16.0. The molecule has 3 aromatic carbocycles. The lowest BCUT2D eigenvalue weighted by atomic mass is 9.83. The first-order valence-electron chi connectivity index (χ1n) is 13.2. The molecular formula is C33H24N2O5S. The molecule has 3 heterocycles. The maximum Gasteiger partial charge on any atom is 0.336 e. The van der Waals surface area contributed by atoms with Crippen LogP contribution in [0.4, 0.5) is 0 Å². The Labute approximate surface area is 238 Å². The van der Waals surface area contributed by atoms with E-state index in [0.29, 0.717) is 26.4 Å². The fraction of sp³-hybridized carbons (Fsp3) is 0.121. The predicted molar refractivity (Wildman–Crippen MR) is 157 cm³/mol. The van der Waals surface area contributed by atoms with Crippen LogP contribution in [0.5, 0.6) is 5.75 Å². The number of hydrogen-bond acceptors (Lipinski definition) is 6. The largest absolute Gasteiger partial charge is 0.497 e. The van der Waals surface area contributed by atoms with Gasteiger partial charge in [0.15, 0.2) is 4.80 Å². The van der Waals surface area contributed by atoms with E-state index in [9.17, 15) is 14.7 Å². The summed E-state index contributed by atoms with van der Waals surface area (Å²) in [6.45, 7) is 0. The number of aromatic carboxylic acids is 1. The van der Waals surface area contributed by atoms with E-state index < -0.39 is 5.97 Å². The third-order valence-corrected chi connectivity index (χ3v) is 8.59. The van der Waals surface area contributed by atoms with Crippen LogP contribution in [0.1, 0.15) is 45.3 Å². The summed E-state index contributed by atoms with van der Waals surface area (Å²) in [4.78, 5) is 31.4. The molecule has 1 aliphatic heterocycles. The van der Waals surface area contributed by atoms with Crippen LogP contribution >= 0.6 is 11.3 Å². The molecule has 0 spiro atoms. The molecule has 2 aliphatic rings. The number of fused-ring (bicyclic) bond motifs is 3. The summed E-state index contributed by atoms with van der Waals surface area (Å²) in [6, 6.07) is 26.0. The van der Waals surface area contributed by atoms with Crippen LogP contribution in [-0.2, 0) is 6.42 Å². The minimum absolute atomic E-state index is 0.150. The number of nitrogens with zero attached hydrogens (tertiary/aromatic N) is 2. The van der Waals surface area contributed by atoms with E-state index in [4.69, 9.17) is 14.1 Å². The van der Waals surface area contributed by atoms with Crippen LogP contribution in [0.2, 0.25) is 0 Å². The summed E-state index contributed by atoms with van der Waals surface area (Å²) in [5, 5.41) is 9.59. The van der Waals surface area contributed by atoms with Gasteiger partial charge in [0.25, 0.3) is 5.56 Å². The fourth-order valence-corrected chi connectivity index (χ4v) is 6.70. The summed E-state index contributed by atoms with van der Waals surface area (Å²) in [6.07, 6.45) is 3.38. The van der Waals surface area contributed by atoms with Crippen molar-refractivity contribution >= 4 is 29.1 Å². The van der Waals surface area contributed by atoms with Gasteiger partial charge in [-0.25, -0.2) is 9.79 Å². The second-order valence-electron chi connectivity index (χ2n) is 9.94. The number of ether oxygens (including phenoxy) is 1. The molecule has 0 saturated carbocycles. The monoisotopic (exact) mass is 560 g/mol. The molecular weight excluding hydrogens is 536 g/mol. The van der Waals surface area contributed by atoms with Gasteiger partial charge in [-0.3, -0.25) is 9.36 Å². The zero-order chi connectivity index (χ0) is 28.1. The number of carboxylic acid groups (broad SMARTS) is 1. The van der Waals surface area contributed by atoms with Crippen LogP contribution in [-0.4, -0.2) is 22.8 Å². The van der Waals surface area contributed by atoms with Gasteiger partial charge in [0, 0.05) is 17.2 Å². The summed E-state index contributed by atoms with van der Waals surface area (Å²) < 4.78 is 13.8. The van der Waals surface area contributed by atoms with Crippen molar-refractivity contribution in [2.75, 3.05) is 7.11 Å². The predicted octanol–water partition coefficient (Wildman–Crippen LogP) is 5.29. The first kappa shape index (κ1) is 25.0. The van der Waals surface area contributed by atoms with Crippen molar-refractivity contribution in [3.05, 3.63) is 138 Å². The first-order valence-corrected chi connectivity index (χ1v) is 14.0. The third-order valence-electron chi connectivity index (χ3n) is 7.61. The average molecular weight is 561 g/mol. The lowest BCUT2D eigenvalue weighted by molar-refractivity contribution is 0.0697. The Morgan fingerprint density at radius 1 is 1.02 bits per heavy atom. The zero-order valence-corrected chi connectivity index (χ0v) is 22.9. The molecule has 1 aliphatic carbocycles. The van der Waals surface area contributed by atoms with Gasteiger partial charge >= 0.3 is 5.97 Å². The number of methoxy groups -OCH3 is 1. The molecule has 41 heavy (non-hydrogen) atoms. The van der Waals surface area contributed by atoms with Crippen LogP contribution in [0, 0.1) is 0 Å². The third kappa shape index (κ3) is 4.24. The Morgan fingerprint density at radius 2 is 1.83 bits per heavy atom. The van der Waals surface area contributed by atoms with Gasteiger partial charge in [-0.2, -0.15) is 0 Å². The minimum atomic E-state index is -1.03. The van der Waals surface area contributed by atoms with Crippen molar-refractivity contribution in [3.63, 3.8) is 0 Å². The molecule has 202 valence electrons. The molecule has 1 atom stereocenters. The van der Waals surface area contributed by atoms with Gasteiger partial charge in [-0.1, -0.05) is 65.9 Å². The van der Waals surface area contributed by atoms with Crippen LogP contribution < -0.4 is 19.6 Å². The minimum Gasteiger partial charge on any atom is -0.497 e. The summed E-state index contributed by atoms with van der Waals surface area (Å²) in [7, 11) is 1.64. The molecule has 0 saturated heterocycles. The topological polar surface area (TPSA) is 94.0 Å². The van der Waals surface area contributed by atoms with E-state index >= 15 is 0 Å². The number of aromatic nitrogens is 1. The Morgan fingerprint density at radius 3 is 2.66 bits per heavy atom. The number of carboxylic acids is 1. The fourth-order valence-electron chi connectivity index (χ4n) is 5.72. The lowest BCUT2D eigenvalue weighted by Gasteiger charge is -2.31. The van der Waals surface area contributed by atoms with Crippen LogP contribution in [0.15, 0.2) is 105 Å². The Kier molecular flexibility index (Phi) is 6.05. The van der Waals surface area contributed by atoms with Crippen molar-refractivity contribution in [2.24, 2.45) is 4.99 Å². The summed E-state index contributed by atoms with van der Waals surface area (Å²) in [5.74, 6) is 0.570. The van der Waals surface area contributed by atoms with E-state index in [-0.39, 0.29) is 17.2 Å². The van der Waals surface area contributed by atoms with E-state index in [2.05, 4.69) is 12.1 Å². The van der Waals surface area contributed by atoms with Crippen molar-refractivity contribution < 1.29 is 19.1 Å². The van der Waals surface area contributed by atoms with Crippen molar-refractivity contribution in [1.82, 2.24) is 4.57 Å². The second kappa shape index (κ2) is 9.91. The molecule has 7 nitrogen and oxygen atoms in total. The number of hydrogen-bond donors (Lipinski definition) is 1. The molecule has 8 heteroatoms. The van der Waals surface area contributed by atoms with Crippen molar-refractivity contribution in [2.45, 2.75) is 18.9 Å². The van der Waals surface area contributed by atoms with Crippen molar-refractivity contribution in [1.29, 1.82) is 0 Å². The summed E-state index contributed by atoms with van der Waals surface area (Å²) >= 11 is 1.32. The SMILES string of the molecule is COc1cccc(C2C3=C(N=c4s/c(=C/c5ccc(-c6ccccc6C(=O)O)o5)c(=O)n42)c2ccccc2CC3)c1. The molecule has 0 bridgehead atoms. The number of aryl methyl sites for hydroxylation is 1. The van der Waals surface area contributed by atoms with Gasteiger partial charge in [-0.15, -0.1) is 0 Å². The molecule has 1 N–H and O–H groups in total. The van der Waals surface area contributed by atoms with Gasteiger partial charge in [-0.05, 0) is 59.9 Å². The van der Waals surface area contributed by atoms with Gasteiger partial charge < -0.3 is 14.3 Å². The lowest BCUT2D eigenvalue weighted by Crippen LogP contribution is -2.38. The number of rotatable bonds is 5. The Bertz CT molecular complexity index is 2060. The van der Waals surface area contributed by atoms with Crippen LogP contribution in [0.3, 0.4) is 0 Å². The second-order valence-corrected chi connectivity index (χ2v) is 11.0. The van der Waals surface area contributed by atoms with E-state index in [0.717, 1.165) is 41.0 Å². The first-order chi connectivity index (χ1) is 20.0. The van der Waals surface area contributed by atoms with Gasteiger partial charge in [0.1, 0.15) is 17.3 Å². The highest BCUT2D eigenvalue weighted by molar-refractivity contribution is 7.07. The molecule has 5 aromatic rings. The highest BCUT2D eigenvalue weighted by atomic mass is 32.1. The van der Waals surface area contributed by atoms with Gasteiger partial charge in [0.2, 0.25) is 0 Å². The maximum atomic E-state index is 14.0. The Hall–Kier alpha value is -4.95. The quantitative estimate of drug-likeness (QED) is 0.316. The smallest absolute Gasteiger partial charge is 0.336 e. The number of carbonyl (C=O) groups is 1. The Balaban J connectivity index is 1.40. The van der Waals surface area contributed by atoms with E-state index in [1.165, 1.54) is 23.0 Å². The number of thiazole rings is 1. The number of furan rings is 1. The number of allylic oxidation sites excluding steroid dienone is 1. The highest BCUT2D eigenvalue weighted by Crippen LogP contribution is 2.41. The molecule has 7 rings (SSSR count).